The molecule has 0 radical (unpaired) electrons. The van der Waals surface area contributed by atoms with E-state index in [2.05, 4.69) is 5.32 Å². The molecule has 2 aliphatic rings. The van der Waals surface area contributed by atoms with Crippen LogP contribution in [0, 0.1) is 11.7 Å². The van der Waals surface area contributed by atoms with Gasteiger partial charge in [0, 0.05) is 32.2 Å². The molecule has 24 heavy (non-hydrogen) atoms. The summed E-state index contributed by atoms with van der Waals surface area (Å²) in [6.45, 7) is 2.29. The van der Waals surface area contributed by atoms with Crippen molar-refractivity contribution in [3.8, 4) is 0 Å². The quantitative estimate of drug-likeness (QED) is 0.916. The third-order valence-corrected chi connectivity index (χ3v) is 4.79. The highest BCUT2D eigenvalue weighted by molar-refractivity contribution is 5.94. The zero-order valence-corrected chi connectivity index (χ0v) is 13.7. The van der Waals surface area contributed by atoms with Crippen molar-refractivity contribution in [1.29, 1.82) is 0 Å². The van der Waals surface area contributed by atoms with Gasteiger partial charge >= 0.3 is 0 Å². The molecule has 1 N–H and O–H groups in total. The molecule has 3 rings (SSSR count). The molecule has 1 unspecified atom stereocenters. The van der Waals surface area contributed by atoms with E-state index in [0.717, 1.165) is 19.4 Å². The first-order valence-corrected chi connectivity index (χ1v) is 8.58. The highest BCUT2D eigenvalue weighted by Crippen LogP contribution is 2.20. The molecule has 2 fully saturated rings. The number of likely N-dealkylation sites (tertiary alicyclic amines) is 1. The number of carbonyl (C=O) groups is 2. The molecule has 2 aliphatic heterocycles. The maximum Gasteiger partial charge on any atom is 0.256 e. The van der Waals surface area contributed by atoms with Crippen molar-refractivity contribution in [2.75, 3.05) is 26.2 Å². The van der Waals surface area contributed by atoms with Gasteiger partial charge in [-0.1, -0.05) is 12.1 Å². The van der Waals surface area contributed by atoms with Crippen molar-refractivity contribution in [1.82, 2.24) is 10.2 Å². The minimum absolute atomic E-state index is 0.0310. The van der Waals surface area contributed by atoms with E-state index < -0.39 is 5.82 Å². The Morgan fingerprint density at radius 1 is 1.21 bits per heavy atom. The zero-order valence-electron chi connectivity index (χ0n) is 13.7. The Bertz CT molecular complexity index is 594. The van der Waals surface area contributed by atoms with E-state index in [1.165, 1.54) is 12.1 Å². The van der Waals surface area contributed by atoms with Gasteiger partial charge in [-0.05, 0) is 37.8 Å². The topological polar surface area (TPSA) is 58.6 Å². The first kappa shape index (κ1) is 16.9. The zero-order chi connectivity index (χ0) is 16.9. The van der Waals surface area contributed by atoms with Gasteiger partial charge in [0.1, 0.15) is 5.82 Å². The van der Waals surface area contributed by atoms with E-state index in [0.29, 0.717) is 32.5 Å². The second kappa shape index (κ2) is 7.75. The highest BCUT2D eigenvalue weighted by atomic mass is 19.1. The smallest absolute Gasteiger partial charge is 0.256 e. The van der Waals surface area contributed by atoms with Crippen LogP contribution in [-0.2, 0) is 9.53 Å². The number of nitrogens with one attached hydrogen (secondary N) is 1. The maximum absolute atomic E-state index is 13.7. The molecule has 0 aliphatic carbocycles. The summed E-state index contributed by atoms with van der Waals surface area (Å²) < 4.78 is 19.2. The molecule has 2 amide bonds. The number of carbonyl (C=O) groups excluding carboxylic acids is 2. The Labute approximate surface area is 141 Å². The van der Waals surface area contributed by atoms with Crippen molar-refractivity contribution in [3.63, 3.8) is 0 Å². The Balaban J connectivity index is 1.47. The lowest BCUT2D eigenvalue weighted by Gasteiger charge is -2.31. The third-order valence-electron chi connectivity index (χ3n) is 4.79. The van der Waals surface area contributed by atoms with E-state index in [1.54, 1.807) is 17.0 Å². The van der Waals surface area contributed by atoms with Gasteiger partial charge in [-0.15, -0.1) is 0 Å². The average molecular weight is 334 g/mol. The van der Waals surface area contributed by atoms with Crippen LogP contribution in [0.15, 0.2) is 24.3 Å². The molecule has 2 saturated heterocycles. The summed E-state index contributed by atoms with van der Waals surface area (Å²) in [6, 6.07) is 6.01. The number of piperidine rings is 1. The van der Waals surface area contributed by atoms with Crippen LogP contribution in [0.5, 0.6) is 0 Å². The van der Waals surface area contributed by atoms with Gasteiger partial charge in [0.2, 0.25) is 5.91 Å². The minimum Gasteiger partial charge on any atom is -0.376 e. The molecule has 0 spiro atoms. The van der Waals surface area contributed by atoms with Gasteiger partial charge in [0.25, 0.3) is 5.91 Å². The van der Waals surface area contributed by atoms with E-state index in [1.807, 2.05) is 0 Å². The first-order valence-electron chi connectivity index (χ1n) is 8.58. The normalized spacial score (nSPS) is 21.7. The molecule has 0 aromatic heterocycles. The molecular formula is C18H23FN2O3. The molecule has 1 aromatic rings. The SMILES string of the molecule is O=C(NCC1CCCO1)C1CCN(C(=O)c2ccccc2F)CC1. The van der Waals surface area contributed by atoms with Gasteiger partial charge < -0.3 is 15.0 Å². The van der Waals surface area contributed by atoms with Gasteiger partial charge in [-0.2, -0.15) is 0 Å². The molecule has 1 aromatic carbocycles. The van der Waals surface area contributed by atoms with Gasteiger partial charge in [0.05, 0.1) is 11.7 Å². The number of halogens is 1. The van der Waals surface area contributed by atoms with Crippen LogP contribution < -0.4 is 5.32 Å². The predicted octanol–water partition coefficient (Wildman–Crippen LogP) is 1.97. The third kappa shape index (κ3) is 3.93. The van der Waals surface area contributed by atoms with Crippen molar-refractivity contribution in [3.05, 3.63) is 35.6 Å². The summed E-state index contributed by atoms with van der Waals surface area (Å²) in [7, 11) is 0. The summed E-state index contributed by atoms with van der Waals surface area (Å²) in [5.74, 6) is -0.857. The number of ether oxygens (including phenoxy) is 1. The second-order valence-corrected chi connectivity index (χ2v) is 6.43. The Kier molecular flexibility index (Phi) is 5.45. The van der Waals surface area contributed by atoms with Crippen LogP contribution in [-0.4, -0.2) is 49.1 Å². The summed E-state index contributed by atoms with van der Waals surface area (Å²) in [6.07, 6.45) is 3.40. The van der Waals surface area contributed by atoms with E-state index in [-0.39, 0.29) is 29.4 Å². The summed E-state index contributed by atoms with van der Waals surface area (Å²) >= 11 is 0. The van der Waals surface area contributed by atoms with Crippen LogP contribution in [0.3, 0.4) is 0 Å². The Hall–Kier alpha value is -1.95. The van der Waals surface area contributed by atoms with Crippen molar-refractivity contribution in [2.24, 2.45) is 5.92 Å². The van der Waals surface area contributed by atoms with E-state index in [4.69, 9.17) is 4.74 Å². The maximum atomic E-state index is 13.7. The van der Waals surface area contributed by atoms with Crippen LogP contribution in [0.4, 0.5) is 4.39 Å². The monoisotopic (exact) mass is 334 g/mol. The lowest BCUT2D eigenvalue weighted by atomic mass is 9.95. The van der Waals surface area contributed by atoms with Crippen molar-refractivity contribution < 1.29 is 18.7 Å². The molecule has 5 nitrogen and oxygen atoms in total. The standard InChI is InChI=1S/C18H23FN2O3/c19-16-6-2-1-5-15(16)18(23)21-9-7-13(8-10-21)17(22)20-12-14-4-3-11-24-14/h1-2,5-6,13-14H,3-4,7-12H2,(H,20,22). The fraction of sp³-hybridized carbons (Fsp3) is 0.556. The molecular weight excluding hydrogens is 311 g/mol. The fourth-order valence-electron chi connectivity index (χ4n) is 3.31. The summed E-state index contributed by atoms with van der Waals surface area (Å²) in [5.41, 5.74) is 0.0961. The van der Waals surface area contributed by atoms with Gasteiger partial charge in [-0.3, -0.25) is 9.59 Å². The van der Waals surface area contributed by atoms with Crippen LogP contribution in [0.2, 0.25) is 0 Å². The number of amides is 2. The largest absolute Gasteiger partial charge is 0.376 e. The molecule has 6 heteroatoms. The number of benzene rings is 1. The molecule has 130 valence electrons. The number of nitrogens with zero attached hydrogens (tertiary/aromatic N) is 1. The molecule has 0 bridgehead atoms. The van der Waals surface area contributed by atoms with Crippen LogP contribution in [0.25, 0.3) is 0 Å². The number of rotatable bonds is 4. The van der Waals surface area contributed by atoms with Crippen LogP contribution >= 0.6 is 0 Å². The predicted molar refractivity (Wildman–Crippen MR) is 87.0 cm³/mol. The first-order chi connectivity index (χ1) is 11.6. The summed E-state index contributed by atoms with van der Waals surface area (Å²) in [5, 5.41) is 2.95. The Morgan fingerprint density at radius 3 is 2.62 bits per heavy atom. The van der Waals surface area contributed by atoms with Crippen LogP contribution in [0.1, 0.15) is 36.0 Å². The van der Waals surface area contributed by atoms with Crippen molar-refractivity contribution in [2.45, 2.75) is 31.8 Å². The van der Waals surface area contributed by atoms with Crippen molar-refractivity contribution >= 4 is 11.8 Å². The Morgan fingerprint density at radius 2 is 1.96 bits per heavy atom. The average Bonchev–Trinajstić information content (AvgIpc) is 3.13. The number of hydrogen-bond acceptors (Lipinski definition) is 3. The van der Waals surface area contributed by atoms with E-state index >= 15 is 0 Å². The highest BCUT2D eigenvalue weighted by Gasteiger charge is 2.29. The molecule has 1 atom stereocenters. The fourth-order valence-corrected chi connectivity index (χ4v) is 3.31. The summed E-state index contributed by atoms with van der Waals surface area (Å²) in [4.78, 5) is 26.2. The second-order valence-electron chi connectivity index (χ2n) is 6.43. The number of hydrogen-bond donors (Lipinski definition) is 1. The van der Waals surface area contributed by atoms with E-state index in [9.17, 15) is 14.0 Å². The van der Waals surface area contributed by atoms with Gasteiger partial charge in [0.15, 0.2) is 0 Å². The minimum atomic E-state index is -0.501. The molecule has 0 saturated carbocycles. The molecule has 2 heterocycles. The lowest BCUT2D eigenvalue weighted by molar-refractivity contribution is -0.126. The van der Waals surface area contributed by atoms with Gasteiger partial charge in [-0.25, -0.2) is 4.39 Å². The lowest BCUT2D eigenvalue weighted by Crippen LogP contribution is -2.44.